The van der Waals surface area contributed by atoms with Gasteiger partial charge >= 0.3 is 6.09 Å². The van der Waals surface area contributed by atoms with Crippen LogP contribution in [0.1, 0.15) is 20.3 Å². The summed E-state index contributed by atoms with van der Waals surface area (Å²) < 4.78 is 4.45. The second kappa shape index (κ2) is 4.01. The van der Waals surface area contributed by atoms with Crippen LogP contribution in [0.5, 0.6) is 0 Å². The van der Waals surface area contributed by atoms with E-state index in [2.05, 4.69) is 16.6 Å². The lowest BCUT2D eigenvalue weighted by Crippen LogP contribution is -2.42. The molecule has 0 bridgehead atoms. The van der Waals surface area contributed by atoms with E-state index < -0.39 is 6.09 Å². The number of nitrogens with one attached hydrogen (secondary N) is 1. The Morgan fingerprint density at radius 3 is 2.64 bits per heavy atom. The summed E-state index contributed by atoms with van der Waals surface area (Å²) >= 11 is 0. The molecule has 3 nitrogen and oxygen atoms in total. The smallest absolute Gasteiger partial charge is 0.407 e. The van der Waals surface area contributed by atoms with Crippen LogP contribution >= 0.6 is 0 Å². The molecule has 0 spiro atoms. The van der Waals surface area contributed by atoms with Crippen LogP contribution in [0.4, 0.5) is 4.79 Å². The molecule has 11 heavy (non-hydrogen) atoms. The molecule has 0 saturated heterocycles. The van der Waals surface area contributed by atoms with E-state index in [1.54, 1.807) is 6.08 Å². The minimum absolute atomic E-state index is 0.269. The minimum atomic E-state index is -0.406. The molecule has 0 aliphatic heterocycles. The van der Waals surface area contributed by atoms with Gasteiger partial charge in [0.2, 0.25) is 0 Å². The van der Waals surface area contributed by atoms with E-state index in [0.717, 1.165) is 6.42 Å². The second-order valence-electron chi connectivity index (χ2n) is 2.99. The van der Waals surface area contributed by atoms with Gasteiger partial charge < -0.3 is 10.1 Å². The summed E-state index contributed by atoms with van der Waals surface area (Å²) in [5, 5.41) is 2.67. The molecule has 1 N–H and O–H groups in total. The Morgan fingerprint density at radius 1 is 1.73 bits per heavy atom. The summed E-state index contributed by atoms with van der Waals surface area (Å²) in [6.07, 6.45) is 2.08. The van der Waals surface area contributed by atoms with Gasteiger partial charge in [-0.05, 0) is 20.3 Å². The molecule has 0 aliphatic carbocycles. The average Bonchev–Trinajstić information content (AvgIpc) is 1.86. The van der Waals surface area contributed by atoms with Crippen LogP contribution in [0, 0.1) is 0 Å². The Labute approximate surface area is 67.4 Å². The summed E-state index contributed by atoms with van der Waals surface area (Å²) in [5.74, 6) is 0. The Kier molecular flexibility index (Phi) is 3.65. The van der Waals surface area contributed by atoms with Crippen molar-refractivity contribution in [3.63, 3.8) is 0 Å². The first-order valence-corrected chi connectivity index (χ1v) is 3.49. The van der Waals surface area contributed by atoms with Crippen molar-refractivity contribution in [2.24, 2.45) is 0 Å². The maximum atomic E-state index is 10.7. The van der Waals surface area contributed by atoms with Crippen LogP contribution in [0.3, 0.4) is 0 Å². The fourth-order valence-electron chi connectivity index (χ4n) is 0.739. The normalized spacial score (nSPS) is 10.5. The fraction of sp³-hybridized carbons (Fsp3) is 0.625. The number of carbonyl (C=O) groups excluding carboxylic acids is 1. The van der Waals surface area contributed by atoms with Gasteiger partial charge in [0.05, 0.1) is 7.11 Å². The molecule has 0 aliphatic rings. The zero-order chi connectivity index (χ0) is 8.91. The van der Waals surface area contributed by atoms with Crippen LogP contribution in [-0.2, 0) is 4.74 Å². The monoisotopic (exact) mass is 157 g/mol. The molecule has 3 heteroatoms. The van der Waals surface area contributed by atoms with Gasteiger partial charge in [-0.3, -0.25) is 0 Å². The highest BCUT2D eigenvalue weighted by molar-refractivity contribution is 5.67. The molecule has 0 radical (unpaired) electrons. The van der Waals surface area contributed by atoms with Crippen molar-refractivity contribution >= 4 is 6.09 Å². The summed E-state index contributed by atoms with van der Waals surface area (Å²) in [6, 6.07) is 0. The predicted molar refractivity (Wildman–Crippen MR) is 44.4 cm³/mol. The number of carbonyl (C=O) groups is 1. The third-order valence-electron chi connectivity index (χ3n) is 1.28. The van der Waals surface area contributed by atoms with Gasteiger partial charge in [0.25, 0.3) is 0 Å². The number of rotatable bonds is 3. The zero-order valence-electron chi connectivity index (χ0n) is 7.31. The Balaban J connectivity index is 3.89. The van der Waals surface area contributed by atoms with Gasteiger partial charge in [0, 0.05) is 5.54 Å². The standard InChI is InChI=1S/C8H15NO2/c1-5-6-8(2,3)9-7(10)11-4/h5H,1,6H2,2-4H3,(H,9,10). The van der Waals surface area contributed by atoms with Crippen LogP contribution in [-0.4, -0.2) is 18.7 Å². The van der Waals surface area contributed by atoms with Crippen LogP contribution in [0.25, 0.3) is 0 Å². The molecule has 0 aromatic rings. The first-order chi connectivity index (χ1) is 5.02. The van der Waals surface area contributed by atoms with Gasteiger partial charge in [-0.15, -0.1) is 6.58 Å². The predicted octanol–water partition coefficient (Wildman–Crippen LogP) is 1.70. The molecular weight excluding hydrogens is 142 g/mol. The molecule has 0 aromatic carbocycles. The molecule has 0 atom stereocenters. The van der Waals surface area contributed by atoms with Crippen LogP contribution < -0.4 is 5.32 Å². The molecule has 0 rings (SSSR count). The highest BCUT2D eigenvalue weighted by Crippen LogP contribution is 2.07. The van der Waals surface area contributed by atoms with Gasteiger partial charge in [-0.2, -0.15) is 0 Å². The van der Waals surface area contributed by atoms with Crippen molar-refractivity contribution in [2.45, 2.75) is 25.8 Å². The van der Waals surface area contributed by atoms with Crippen molar-refractivity contribution in [1.29, 1.82) is 0 Å². The van der Waals surface area contributed by atoms with E-state index in [9.17, 15) is 4.79 Å². The zero-order valence-corrected chi connectivity index (χ0v) is 7.31. The maximum Gasteiger partial charge on any atom is 0.407 e. The van der Waals surface area contributed by atoms with E-state index >= 15 is 0 Å². The Bertz CT molecular complexity index is 152. The third kappa shape index (κ3) is 4.42. The summed E-state index contributed by atoms with van der Waals surface area (Å²) in [6.45, 7) is 7.40. The highest BCUT2D eigenvalue weighted by atomic mass is 16.5. The molecule has 0 fully saturated rings. The molecule has 0 unspecified atom stereocenters. The van der Waals surface area contributed by atoms with Crippen molar-refractivity contribution in [1.82, 2.24) is 5.32 Å². The largest absolute Gasteiger partial charge is 0.453 e. The number of hydrogen-bond donors (Lipinski definition) is 1. The number of methoxy groups -OCH3 is 1. The van der Waals surface area contributed by atoms with E-state index in [4.69, 9.17) is 0 Å². The van der Waals surface area contributed by atoms with Crippen molar-refractivity contribution < 1.29 is 9.53 Å². The topological polar surface area (TPSA) is 38.3 Å². The molecule has 0 saturated carbocycles. The molecular formula is C8H15NO2. The lowest BCUT2D eigenvalue weighted by Gasteiger charge is -2.23. The average molecular weight is 157 g/mol. The lowest BCUT2D eigenvalue weighted by atomic mass is 10.0. The van der Waals surface area contributed by atoms with Crippen molar-refractivity contribution in [2.75, 3.05) is 7.11 Å². The molecule has 0 aromatic heterocycles. The van der Waals surface area contributed by atoms with E-state index in [-0.39, 0.29) is 5.54 Å². The van der Waals surface area contributed by atoms with E-state index in [0.29, 0.717) is 0 Å². The Hall–Kier alpha value is -0.990. The SMILES string of the molecule is C=CCC(C)(C)NC(=O)OC. The lowest BCUT2D eigenvalue weighted by molar-refractivity contribution is 0.160. The van der Waals surface area contributed by atoms with Gasteiger partial charge in [0.1, 0.15) is 0 Å². The first kappa shape index (κ1) is 10.0. The number of ether oxygens (including phenoxy) is 1. The van der Waals surface area contributed by atoms with Gasteiger partial charge in [-0.1, -0.05) is 6.08 Å². The molecule has 1 amide bonds. The summed E-state index contributed by atoms with van der Waals surface area (Å²) in [5.41, 5.74) is -0.269. The number of amides is 1. The Morgan fingerprint density at radius 2 is 2.27 bits per heavy atom. The number of hydrogen-bond acceptors (Lipinski definition) is 2. The number of alkyl carbamates (subject to hydrolysis) is 1. The van der Waals surface area contributed by atoms with Crippen LogP contribution in [0.2, 0.25) is 0 Å². The fourth-order valence-corrected chi connectivity index (χ4v) is 0.739. The van der Waals surface area contributed by atoms with Crippen molar-refractivity contribution in [3.8, 4) is 0 Å². The summed E-state index contributed by atoms with van der Waals surface area (Å²) in [7, 11) is 1.35. The summed E-state index contributed by atoms with van der Waals surface area (Å²) in [4.78, 5) is 10.7. The first-order valence-electron chi connectivity index (χ1n) is 3.49. The second-order valence-corrected chi connectivity index (χ2v) is 2.99. The highest BCUT2D eigenvalue weighted by Gasteiger charge is 2.18. The van der Waals surface area contributed by atoms with E-state index in [1.165, 1.54) is 7.11 Å². The minimum Gasteiger partial charge on any atom is -0.453 e. The van der Waals surface area contributed by atoms with Crippen molar-refractivity contribution in [3.05, 3.63) is 12.7 Å². The molecule has 64 valence electrons. The quantitative estimate of drug-likeness (QED) is 0.633. The van der Waals surface area contributed by atoms with Gasteiger partial charge in [-0.25, -0.2) is 4.79 Å². The maximum absolute atomic E-state index is 10.7. The van der Waals surface area contributed by atoms with Crippen LogP contribution in [0.15, 0.2) is 12.7 Å². The third-order valence-corrected chi connectivity index (χ3v) is 1.28. The van der Waals surface area contributed by atoms with E-state index in [1.807, 2.05) is 13.8 Å². The molecule has 0 heterocycles. The van der Waals surface area contributed by atoms with Gasteiger partial charge in [0.15, 0.2) is 0 Å².